The van der Waals surface area contributed by atoms with Gasteiger partial charge >= 0.3 is 0 Å². The maximum atomic E-state index is 12.7. The van der Waals surface area contributed by atoms with Crippen molar-refractivity contribution in [2.75, 3.05) is 24.2 Å². The Kier molecular flexibility index (Phi) is 6.99. The zero-order valence-corrected chi connectivity index (χ0v) is 18.9. The number of carbonyl (C=O) groups excluding carboxylic acids is 2. The lowest BCUT2D eigenvalue weighted by atomic mass is 9.99. The quantitative estimate of drug-likeness (QED) is 0.554. The van der Waals surface area contributed by atoms with Crippen molar-refractivity contribution >= 4 is 40.6 Å². The number of hydrogen-bond acceptors (Lipinski definition) is 6. The monoisotopic (exact) mass is 452 g/mol. The third-order valence-corrected chi connectivity index (χ3v) is 7.25. The highest BCUT2D eigenvalue weighted by molar-refractivity contribution is 8.00. The van der Waals surface area contributed by atoms with Gasteiger partial charge in [-0.25, -0.2) is 0 Å². The molecule has 8 heteroatoms. The molecule has 2 amide bonds. The molecule has 1 aromatic heterocycles. The molecule has 0 spiro atoms. The summed E-state index contributed by atoms with van der Waals surface area (Å²) in [5.41, 5.74) is 1.87. The summed E-state index contributed by atoms with van der Waals surface area (Å²) >= 11 is 2.88. The average molecular weight is 453 g/mol. The van der Waals surface area contributed by atoms with Gasteiger partial charge in [-0.2, -0.15) is 0 Å². The lowest BCUT2D eigenvalue weighted by molar-refractivity contribution is -0.129. The number of likely N-dealkylation sites (tertiary alicyclic amines) is 1. The Labute approximate surface area is 190 Å². The van der Waals surface area contributed by atoms with Crippen LogP contribution in [0.25, 0.3) is 0 Å². The zero-order chi connectivity index (χ0) is 21.6. The number of aryl methyl sites for hydroxylation is 1. The Morgan fingerprint density at radius 3 is 2.68 bits per heavy atom. The van der Waals surface area contributed by atoms with E-state index in [1.807, 2.05) is 66.4 Å². The summed E-state index contributed by atoms with van der Waals surface area (Å²) in [7, 11) is 0. The van der Waals surface area contributed by atoms with E-state index >= 15 is 0 Å². The molecule has 2 aromatic carbocycles. The number of thioether (sulfide) groups is 1. The Balaban J connectivity index is 1.34. The van der Waals surface area contributed by atoms with Gasteiger partial charge < -0.3 is 10.2 Å². The fraction of sp³-hybridized carbons (Fsp3) is 0.304. The van der Waals surface area contributed by atoms with Crippen LogP contribution in [0.2, 0.25) is 0 Å². The summed E-state index contributed by atoms with van der Waals surface area (Å²) in [5.74, 6) is 0.436. The van der Waals surface area contributed by atoms with Gasteiger partial charge in [-0.3, -0.25) is 9.59 Å². The molecule has 0 radical (unpaired) electrons. The maximum Gasteiger partial charge on any atom is 0.286 e. The smallest absolute Gasteiger partial charge is 0.286 e. The van der Waals surface area contributed by atoms with Gasteiger partial charge in [0.05, 0.1) is 5.75 Å². The van der Waals surface area contributed by atoms with Gasteiger partial charge in [0.2, 0.25) is 10.9 Å². The molecule has 1 saturated heterocycles. The molecule has 1 aliphatic heterocycles. The molecule has 1 N–H and O–H groups in total. The molecule has 160 valence electrons. The minimum atomic E-state index is -0.254. The van der Waals surface area contributed by atoms with Crippen molar-refractivity contribution < 1.29 is 9.59 Å². The van der Waals surface area contributed by atoms with Gasteiger partial charge in [0, 0.05) is 29.6 Å². The van der Waals surface area contributed by atoms with E-state index < -0.39 is 0 Å². The highest BCUT2D eigenvalue weighted by Crippen LogP contribution is 2.30. The minimum absolute atomic E-state index is 0.123. The van der Waals surface area contributed by atoms with E-state index in [1.54, 1.807) is 11.8 Å². The Bertz CT molecular complexity index is 1040. The van der Waals surface area contributed by atoms with E-state index in [0.717, 1.165) is 40.5 Å². The predicted octanol–water partition coefficient (Wildman–Crippen LogP) is 4.60. The predicted molar refractivity (Wildman–Crippen MR) is 125 cm³/mol. The van der Waals surface area contributed by atoms with Crippen molar-refractivity contribution in [3.8, 4) is 0 Å². The molecule has 2 heterocycles. The topological polar surface area (TPSA) is 75.2 Å². The molecule has 1 atom stereocenters. The van der Waals surface area contributed by atoms with Crippen LogP contribution in [0.4, 0.5) is 5.69 Å². The molecular formula is C23H24N4O2S2. The number of nitrogens with zero attached hydrogens (tertiary/aromatic N) is 3. The van der Waals surface area contributed by atoms with E-state index in [9.17, 15) is 9.59 Å². The first-order valence-corrected chi connectivity index (χ1v) is 12.1. The molecular weight excluding hydrogens is 428 g/mol. The summed E-state index contributed by atoms with van der Waals surface area (Å²) in [5, 5.41) is 12.4. The number of carbonyl (C=O) groups is 2. The van der Waals surface area contributed by atoms with Crippen molar-refractivity contribution in [2.24, 2.45) is 0 Å². The van der Waals surface area contributed by atoms with Gasteiger partial charge in [0.1, 0.15) is 5.01 Å². The van der Waals surface area contributed by atoms with Gasteiger partial charge in [0.15, 0.2) is 0 Å². The van der Waals surface area contributed by atoms with Gasteiger partial charge in [-0.05, 0) is 44.0 Å². The minimum Gasteiger partial charge on any atom is -0.341 e. The van der Waals surface area contributed by atoms with Crippen LogP contribution in [0.5, 0.6) is 0 Å². The van der Waals surface area contributed by atoms with Crippen LogP contribution < -0.4 is 5.32 Å². The summed E-state index contributed by atoms with van der Waals surface area (Å²) < 4.78 is 0. The van der Waals surface area contributed by atoms with Crippen LogP contribution in [0, 0.1) is 6.92 Å². The first-order valence-electron chi connectivity index (χ1n) is 10.3. The highest BCUT2D eigenvalue weighted by atomic mass is 32.2. The summed E-state index contributed by atoms with van der Waals surface area (Å²) in [6.45, 7) is 3.40. The summed E-state index contributed by atoms with van der Waals surface area (Å²) in [6.07, 6.45) is 1.88. The SMILES string of the molecule is Cc1ccc(NC(=O)c2nnc(C3CCCN(C(=O)CSc4ccccc4)C3)s2)cc1. The van der Waals surface area contributed by atoms with E-state index in [4.69, 9.17) is 0 Å². The van der Waals surface area contributed by atoms with Gasteiger partial charge in [-0.15, -0.1) is 22.0 Å². The van der Waals surface area contributed by atoms with E-state index in [2.05, 4.69) is 15.5 Å². The van der Waals surface area contributed by atoms with Crippen LogP contribution in [-0.2, 0) is 4.79 Å². The number of benzene rings is 2. The van der Waals surface area contributed by atoms with Crippen LogP contribution in [-0.4, -0.2) is 45.8 Å². The van der Waals surface area contributed by atoms with Crippen LogP contribution in [0.15, 0.2) is 59.5 Å². The zero-order valence-electron chi connectivity index (χ0n) is 17.3. The van der Waals surface area contributed by atoms with Crippen molar-refractivity contribution in [1.82, 2.24) is 15.1 Å². The summed E-state index contributed by atoms with van der Waals surface area (Å²) in [6, 6.07) is 17.6. The first-order chi connectivity index (χ1) is 15.1. The molecule has 31 heavy (non-hydrogen) atoms. The number of rotatable bonds is 6. The number of piperidine rings is 1. The van der Waals surface area contributed by atoms with Crippen LogP contribution >= 0.6 is 23.1 Å². The number of aromatic nitrogens is 2. The molecule has 0 bridgehead atoms. The number of nitrogens with one attached hydrogen (secondary N) is 1. The highest BCUT2D eigenvalue weighted by Gasteiger charge is 2.28. The van der Waals surface area contributed by atoms with Gasteiger partial charge in [0.25, 0.3) is 5.91 Å². The maximum absolute atomic E-state index is 12.7. The lowest BCUT2D eigenvalue weighted by Gasteiger charge is -2.31. The third kappa shape index (κ3) is 5.71. The second kappa shape index (κ2) is 10.1. The number of hydrogen-bond donors (Lipinski definition) is 1. The standard InChI is InChI=1S/C23H24N4O2S2/c1-16-9-11-18(12-10-16)24-21(29)23-26-25-22(31-23)17-6-5-13-27(14-17)20(28)15-30-19-7-3-2-4-8-19/h2-4,7-12,17H,5-6,13-15H2,1H3,(H,24,29). The molecule has 3 aromatic rings. The molecule has 1 fully saturated rings. The van der Waals surface area contributed by atoms with Gasteiger partial charge in [-0.1, -0.05) is 47.2 Å². The Morgan fingerprint density at radius 2 is 1.90 bits per heavy atom. The van der Waals surface area contributed by atoms with Crippen molar-refractivity contribution in [3.63, 3.8) is 0 Å². The normalized spacial score (nSPS) is 16.2. The average Bonchev–Trinajstić information content (AvgIpc) is 3.30. The second-order valence-corrected chi connectivity index (χ2v) is 9.60. The number of amides is 2. The molecule has 4 rings (SSSR count). The fourth-order valence-corrected chi connectivity index (χ4v) is 5.16. The van der Waals surface area contributed by atoms with Crippen molar-refractivity contribution in [2.45, 2.75) is 30.6 Å². The van der Waals surface area contributed by atoms with Crippen molar-refractivity contribution in [3.05, 3.63) is 70.2 Å². The molecule has 0 aliphatic carbocycles. The first kappa shape index (κ1) is 21.5. The summed E-state index contributed by atoms with van der Waals surface area (Å²) in [4.78, 5) is 28.2. The lowest BCUT2D eigenvalue weighted by Crippen LogP contribution is -2.40. The largest absolute Gasteiger partial charge is 0.341 e. The van der Waals surface area contributed by atoms with E-state index in [1.165, 1.54) is 11.3 Å². The second-order valence-electron chi connectivity index (χ2n) is 7.55. The van der Waals surface area contributed by atoms with Crippen molar-refractivity contribution in [1.29, 1.82) is 0 Å². The number of anilines is 1. The Morgan fingerprint density at radius 1 is 1.13 bits per heavy atom. The Hall–Kier alpha value is -2.71. The molecule has 0 saturated carbocycles. The van der Waals surface area contributed by atoms with Crippen LogP contribution in [0.3, 0.4) is 0 Å². The molecule has 1 unspecified atom stereocenters. The molecule has 6 nitrogen and oxygen atoms in total. The third-order valence-electron chi connectivity index (χ3n) is 5.17. The van der Waals surface area contributed by atoms with E-state index in [-0.39, 0.29) is 17.7 Å². The fourth-order valence-electron chi connectivity index (χ4n) is 3.47. The van der Waals surface area contributed by atoms with E-state index in [0.29, 0.717) is 17.3 Å². The molecule has 1 aliphatic rings. The van der Waals surface area contributed by atoms with Crippen LogP contribution in [0.1, 0.15) is 39.1 Å².